The number of benzene rings is 8. The van der Waals surface area contributed by atoms with E-state index in [0.29, 0.717) is 30.3 Å². The summed E-state index contributed by atoms with van der Waals surface area (Å²) in [4.78, 5) is 118. The zero-order chi connectivity index (χ0) is 81.6. The van der Waals surface area contributed by atoms with Crippen molar-refractivity contribution < 1.29 is 218 Å². The van der Waals surface area contributed by atoms with Gasteiger partial charge in [-0.05, 0) is 48.5 Å². The molecule has 0 spiro atoms. The number of esters is 8. The number of hydrogen-bond acceptors (Lipinski definition) is 44. The minimum atomic E-state index is -3.08. The van der Waals surface area contributed by atoms with Crippen LogP contribution in [0.3, 0.4) is 0 Å². The molecule has 0 radical (unpaired) electrons. The summed E-state index contributed by atoms with van der Waals surface area (Å²) in [6, 6.07) is 2.39. The molecule has 0 unspecified atom stereocenters. The smallest absolute Gasteiger partial charge is 0.341 e. The molecule has 13 rings (SSSR count). The molecule has 8 aromatic carbocycles. The Balaban J connectivity index is 0.975. The highest BCUT2D eigenvalue weighted by atomic mass is 16.8. The van der Waals surface area contributed by atoms with Crippen LogP contribution in [0.2, 0.25) is 0 Å². The van der Waals surface area contributed by atoms with Crippen molar-refractivity contribution in [2.45, 2.75) is 61.4 Å². The highest BCUT2D eigenvalue weighted by molar-refractivity contribution is 6.16. The fraction of sp³-hybridized carbons (Fsp3) is 0.176. The molecule has 10 atom stereocenters. The predicted molar refractivity (Wildman–Crippen MR) is 345 cm³/mol. The summed E-state index contributed by atoms with van der Waals surface area (Å²) in [5.74, 6) is -54.2. The Morgan fingerprint density at radius 1 is 0.277 bits per heavy atom. The van der Waals surface area contributed by atoms with E-state index in [1.165, 1.54) is 0 Å². The van der Waals surface area contributed by atoms with Crippen LogP contribution in [0.15, 0.2) is 48.5 Å². The van der Waals surface area contributed by atoms with E-state index in [2.05, 4.69) is 0 Å². The minimum absolute atomic E-state index is 0.0679. The van der Waals surface area contributed by atoms with Crippen molar-refractivity contribution >= 4 is 47.8 Å². The van der Waals surface area contributed by atoms with E-state index < -0.39 is 349 Å². The molecule has 112 heavy (non-hydrogen) atoms. The monoisotopic (exact) mass is 1570 g/mol. The van der Waals surface area contributed by atoms with Crippen molar-refractivity contribution in [3.63, 3.8) is 0 Å². The summed E-state index contributed by atoms with van der Waals surface area (Å²) < 4.78 is 56.1. The lowest BCUT2D eigenvalue weighted by molar-refractivity contribution is -0.284. The Bertz CT molecular complexity index is 5520. The molecule has 44 nitrogen and oxygen atoms in total. The average molecular weight is 1570 g/mol. The molecule has 0 amide bonds. The van der Waals surface area contributed by atoms with Crippen LogP contribution >= 0.6 is 0 Å². The molecule has 0 saturated carbocycles. The van der Waals surface area contributed by atoms with E-state index in [1.54, 1.807) is 0 Å². The first-order chi connectivity index (χ1) is 52.7. The average Bonchev–Trinajstić information content (AvgIpc) is 0.738. The zero-order valence-corrected chi connectivity index (χ0v) is 54.8. The largest absolute Gasteiger partial charge is 0.504 e. The Morgan fingerprint density at radius 2 is 0.580 bits per heavy atom. The first-order valence-corrected chi connectivity index (χ1v) is 31.2. The van der Waals surface area contributed by atoms with E-state index in [-0.39, 0.29) is 18.2 Å². The van der Waals surface area contributed by atoms with Crippen LogP contribution in [0.25, 0.3) is 44.5 Å². The summed E-state index contributed by atoms with van der Waals surface area (Å²) in [7, 11) is 0. The molecule has 5 aliphatic heterocycles. The van der Waals surface area contributed by atoms with Crippen LogP contribution in [0.4, 0.5) is 0 Å². The lowest BCUT2D eigenvalue weighted by Crippen LogP contribution is -2.63. The predicted octanol–water partition coefficient (Wildman–Crippen LogP) is 1.33. The molecule has 5 heterocycles. The number of carbonyl (C=O) groups excluding carboxylic acids is 8. The second-order valence-electron chi connectivity index (χ2n) is 24.7. The molecule has 0 aromatic heterocycles. The van der Waals surface area contributed by atoms with Gasteiger partial charge in [0.2, 0.25) is 58.9 Å². The van der Waals surface area contributed by atoms with Gasteiger partial charge < -0.3 is 180 Å². The van der Waals surface area contributed by atoms with Crippen LogP contribution in [-0.2, 0) is 47.4 Å². The third kappa shape index (κ3) is 11.6. The number of fused-ring (bicyclic) bond motifs is 13. The number of cyclic esters (lactones) is 2. The summed E-state index contributed by atoms with van der Waals surface area (Å²) in [5.41, 5.74) is -22.4. The number of phenolic OH excluding ortho intramolecular Hbond substituents is 24. The standard InChI is InChI=1S/C68H48O44/c69-18-1-11(2-19(70)37(18)77)59(95)111-68-58-57(56-27(106-68)10-104-61(97)13-4-21(72)39(79)45(85)29(13)31-15(63(99)108-56)6-23(74)41(81)47(31)87)109-64(100)16-7-24(75)42(82)48(88)32(16)34-36(66(102)110-58)35(51(91)52(92)50(34)90)33-17(8-25(76)43(83)49(33)89)65(101)112-67-54(94)53(93)55-26(105-67)9-103-60(96)12-3-20(71)38(78)44(84)28(12)30-14(62(98)107-55)5-22(73)40(80)46(30)86/h1-8,26-27,53-58,67-94H,9-10H2/t26-,27-,53-,54-,55-,56-,57+,58-,67+,68+/m1/s1. The van der Waals surface area contributed by atoms with Gasteiger partial charge in [0.1, 0.15) is 37.6 Å². The first kappa shape index (κ1) is 74.8. The lowest BCUT2D eigenvalue weighted by atomic mass is 9.84. The number of aliphatic hydroxyl groups excluding tert-OH is 2. The van der Waals surface area contributed by atoms with Gasteiger partial charge in [0.25, 0.3) is 0 Å². The lowest BCUT2D eigenvalue weighted by Gasteiger charge is -2.44. The summed E-state index contributed by atoms with van der Waals surface area (Å²) >= 11 is 0. The first-order valence-electron chi connectivity index (χ1n) is 31.2. The molecule has 8 aromatic rings. The van der Waals surface area contributed by atoms with Gasteiger partial charge in [-0.1, -0.05) is 0 Å². The highest BCUT2D eigenvalue weighted by Gasteiger charge is 2.58. The SMILES string of the molecule is O=C(O[C@@H]1O[C@@H]2COC(=O)c3cc(O)c(O)c(O)c3-c3c(cc(O)c(O)c3O)C(=O)O[C@H]2[C@@H]2OC(=O)c3cc(O)c(O)c(O)c3-c3c(O)c(O)c(O)c(-c4c(C(=O)O[C@@H]5O[C@@H]6COC(=O)c7cc(O)c(O)c(O)c7-c7c(cc(O)c(O)c7O)C(=O)O[C@H]6[C@H](O)[C@H]5O)cc(O)c(O)c4O)c3C(=O)O[C@@H]12)c1cc(O)c(O)c(O)c1. The summed E-state index contributed by atoms with van der Waals surface area (Å²) in [5, 5.41) is 289. The number of hydrogen-bond donors (Lipinski definition) is 26. The van der Waals surface area contributed by atoms with E-state index >= 15 is 19.2 Å². The maximum absolute atomic E-state index is 16.1. The van der Waals surface area contributed by atoms with E-state index in [9.17, 15) is 152 Å². The van der Waals surface area contributed by atoms with Gasteiger partial charge in [0.05, 0.1) is 44.5 Å². The molecule has 584 valence electrons. The third-order valence-electron chi connectivity index (χ3n) is 18.2. The van der Waals surface area contributed by atoms with Gasteiger partial charge in [0.15, 0.2) is 116 Å². The number of rotatable bonds is 5. The minimum Gasteiger partial charge on any atom is -0.504 e. The van der Waals surface area contributed by atoms with Crippen molar-refractivity contribution in [1.82, 2.24) is 0 Å². The number of aliphatic hydroxyl groups is 2. The van der Waals surface area contributed by atoms with E-state index in [1.807, 2.05) is 0 Å². The van der Waals surface area contributed by atoms with Gasteiger partial charge in [-0.25, -0.2) is 38.4 Å². The van der Waals surface area contributed by atoms with Gasteiger partial charge in [0, 0.05) is 44.5 Å². The maximum Gasteiger partial charge on any atom is 0.341 e. The normalized spacial score (nSPS) is 21.4. The third-order valence-corrected chi connectivity index (χ3v) is 18.2. The number of aromatic hydroxyl groups is 24. The molecule has 0 bridgehead atoms. The number of ether oxygens (including phenoxy) is 10. The Kier molecular flexibility index (Phi) is 17.9. The fourth-order valence-electron chi connectivity index (χ4n) is 12.8. The molecular weight excluding hydrogens is 1520 g/mol. The van der Waals surface area contributed by atoms with Crippen LogP contribution in [-0.4, -0.2) is 255 Å². The van der Waals surface area contributed by atoms with Crippen molar-refractivity contribution in [3.8, 4) is 182 Å². The van der Waals surface area contributed by atoms with Crippen molar-refractivity contribution in [3.05, 3.63) is 93.0 Å². The Hall–Kier alpha value is -15.4. The quantitative estimate of drug-likeness (QED) is 0.0656. The van der Waals surface area contributed by atoms with E-state index in [0.717, 1.165) is 0 Å². The summed E-state index contributed by atoms with van der Waals surface area (Å²) in [6.45, 7) is -2.90. The van der Waals surface area contributed by atoms with Crippen molar-refractivity contribution in [2.24, 2.45) is 0 Å². The Morgan fingerprint density at radius 3 is 1.00 bits per heavy atom. The van der Waals surface area contributed by atoms with Gasteiger partial charge in [-0.15, -0.1) is 0 Å². The molecule has 26 N–H and O–H groups in total. The van der Waals surface area contributed by atoms with Gasteiger partial charge >= 0.3 is 47.8 Å². The Labute approximate surface area is 614 Å². The molecule has 2 saturated heterocycles. The molecule has 44 heteroatoms. The fourth-order valence-corrected chi connectivity index (χ4v) is 12.8. The van der Waals surface area contributed by atoms with Crippen LogP contribution in [0.1, 0.15) is 82.9 Å². The van der Waals surface area contributed by atoms with Crippen molar-refractivity contribution in [2.75, 3.05) is 13.2 Å². The zero-order valence-electron chi connectivity index (χ0n) is 54.8. The maximum atomic E-state index is 16.1. The van der Waals surface area contributed by atoms with Gasteiger partial charge in [-0.2, -0.15) is 0 Å². The number of phenols is 24. The summed E-state index contributed by atoms with van der Waals surface area (Å²) in [6.07, 6.45) is -27.5. The highest BCUT2D eigenvalue weighted by Crippen LogP contribution is 2.61. The number of carbonyl (C=O) groups is 8. The molecule has 5 aliphatic rings. The van der Waals surface area contributed by atoms with E-state index in [4.69, 9.17) is 47.4 Å². The second kappa shape index (κ2) is 26.8. The van der Waals surface area contributed by atoms with Crippen molar-refractivity contribution in [1.29, 1.82) is 0 Å². The molecule has 0 aliphatic carbocycles. The van der Waals surface area contributed by atoms with Crippen LogP contribution < -0.4 is 0 Å². The topological polar surface area (TPSA) is 755 Å². The van der Waals surface area contributed by atoms with Gasteiger partial charge in [-0.3, -0.25) is 0 Å². The molecular formula is C68H48O44. The second-order valence-corrected chi connectivity index (χ2v) is 24.7. The van der Waals surface area contributed by atoms with Crippen LogP contribution in [0, 0.1) is 0 Å². The molecule has 2 fully saturated rings. The van der Waals surface area contributed by atoms with Crippen LogP contribution in [0.5, 0.6) is 138 Å².